The molecular formula is C29H32N2O4. The lowest BCUT2D eigenvalue weighted by atomic mass is 10.2. The first-order valence-corrected chi connectivity index (χ1v) is 11.9. The normalized spacial score (nSPS) is 11.2. The predicted molar refractivity (Wildman–Crippen MR) is 139 cm³/mol. The fraction of sp³-hybridized carbons (Fsp3) is 0.276. The quantitative estimate of drug-likeness (QED) is 0.220. The van der Waals surface area contributed by atoms with Gasteiger partial charge < -0.3 is 23.5 Å². The van der Waals surface area contributed by atoms with E-state index >= 15 is 0 Å². The molecular weight excluding hydrogens is 440 g/mol. The molecule has 0 bridgehead atoms. The number of nitrogens with zero attached hydrogens (tertiary/aromatic N) is 2. The second-order valence-corrected chi connectivity index (χ2v) is 8.10. The van der Waals surface area contributed by atoms with Crippen LogP contribution in [0.15, 0.2) is 72.8 Å². The zero-order chi connectivity index (χ0) is 24.5. The van der Waals surface area contributed by atoms with Crippen LogP contribution in [-0.4, -0.2) is 30.4 Å². The number of hydrogen-bond donors (Lipinski definition) is 0. The van der Waals surface area contributed by atoms with E-state index in [1.807, 2.05) is 79.7 Å². The Labute approximate surface area is 206 Å². The third-order valence-corrected chi connectivity index (χ3v) is 5.74. The number of unbranched alkanes of at least 4 members (excludes halogenated alkanes) is 1. The number of ether oxygens (including phenoxy) is 4. The van der Waals surface area contributed by atoms with Crippen LogP contribution in [0.5, 0.6) is 23.0 Å². The average molecular weight is 473 g/mol. The van der Waals surface area contributed by atoms with Gasteiger partial charge in [-0.3, -0.25) is 0 Å². The van der Waals surface area contributed by atoms with Crippen molar-refractivity contribution in [1.82, 2.24) is 9.55 Å². The summed E-state index contributed by atoms with van der Waals surface area (Å²) in [7, 11) is 3.32. The van der Waals surface area contributed by atoms with Crippen molar-refractivity contribution in [3.8, 4) is 23.0 Å². The van der Waals surface area contributed by atoms with Gasteiger partial charge in [0.05, 0.1) is 31.9 Å². The highest BCUT2D eigenvalue weighted by Gasteiger charge is 2.11. The smallest absolute Gasteiger partial charge is 0.161 e. The van der Waals surface area contributed by atoms with Crippen molar-refractivity contribution in [3.05, 3.63) is 84.2 Å². The van der Waals surface area contributed by atoms with Crippen molar-refractivity contribution in [2.75, 3.05) is 20.8 Å². The molecule has 0 amide bonds. The van der Waals surface area contributed by atoms with Crippen molar-refractivity contribution in [2.45, 2.75) is 32.9 Å². The highest BCUT2D eigenvalue weighted by atomic mass is 16.5. The molecule has 0 atom stereocenters. The fourth-order valence-electron chi connectivity index (χ4n) is 3.96. The maximum atomic E-state index is 6.02. The molecule has 0 spiro atoms. The first-order valence-electron chi connectivity index (χ1n) is 11.9. The Kier molecular flexibility index (Phi) is 8.28. The Morgan fingerprint density at radius 2 is 1.63 bits per heavy atom. The van der Waals surface area contributed by atoms with Crippen molar-refractivity contribution >= 4 is 17.1 Å². The molecule has 182 valence electrons. The average Bonchev–Trinajstić information content (AvgIpc) is 3.25. The van der Waals surface area contributed by atoms with Crippen LogP contribution in [0.2, 0.25) is 0 Å². The van der Waals surface area contributed by atoms with Gasteiger partial charge in [0.15, 0.2) is 11.5 Å². The van der Waals surface area contributed by atoms with E-state index in [9.17, 15) is 0 Å². The maximum Gasteiger partial charge on any atom is 0.161 e. The minimum Gasteiger partial charge on any atom is -0.497 e. The zero-order valence-corrected chi connectivity index (χ0v) is 20.6. The summed E-state index contributed by atoms with van der Waals surface area (Å²) in [4.78, 5) is 4.81. The maximum absolute atomic E-state index is 6.02. The molecule has 0 saturated heterocycles. The molecule has 0 N–H and O–H groups in total. The summed E-state index contributed by atoms with van der Waals surface area (Å²) in [5.41, 5.74) is 3.18. The van der Waals surface area contributed by atoms with Gasteiger partial charge in [-0.15, -0.1) is 0 Å². The number of aryl methyl sites for hydroxylation is 1. The number of allylic oxidation sites excluding steroid dienone is 1. The number of hydrogen-bond acceptors (Lipinski definition) is 5. The van der Waals surface area contributed by atoms with Crippen LogP contribution in [-0.2, 0) is 13.2 Å². The molecule has 6 nitrogen and oxygen atoms in total. The highest BCUT2D eigenvalue weighted by molar-refractivity contribution is 5.75. The van der Waals surface area contributed by atoms with E-state index in [1.54, 1.807) is 14.2 Å². The van der Waals surface area contributed by atoms with E-state index in [-0.39, 0.29) is 0 Å². The Balaban J connectivity index is 1.36. The molecule has 4 rings (SSSR count). The number of benzene rings is 3. The van der Waals surface area contributed by atoms with E-state index in [0.29, 0.717) is 13.2 Å². The molecule has 6 heteroatoms. The van der Waals surface area contributed by atoms with E-state index < -0.39 is 0 Å². The zero-order valence-electron chi connectivity index (χ0n) is 20.6. The van der Waals surface area contributed by atoms with Crippen LogP contribution in [0.1, 0.15) is 31.2 Å². The summed E-state index contributed by atoms with van der Waals surface area (Å²) in [6.45, 7) is 3.84. The fourth-order valence-corrected chi connectivity index (χ4v) is 3.96. The van der Waals surface area contributed by atoms with Gasteiger partial charge in [0, 0.05) is 6.54 Å². The number of fused-ring (bicyclic) bond motifs is 1. The van der Waals surface area contributed by atoms with Crippen LogP contribution in [0.4, 0.5) is 0 Å². The number of rotatable bonds is 12. The second kappa shape index (κ2) is 12.0. The van der Waals surface area contributed by atoms with Gasteiger partial charge in [0.1, 0.15) is 23.9 Å². The Bertz CT molecular complexity index is 1260. The summed E-state index contributed by atoms with van der Waals surface area (Å²) in [5, 5.41) is 0. The van der Waals surface area contributed by atoms with Gasteiger partial charge in [0.2, 0.25) is 0 Å². The van der Waals surface area contributed by atoms with Crippen LogP contribution < -0.4 is 18.9 Å². The van der Waals surface area contributed by atoms with Crippen LogP contribution in [0.3, 0.4) is 0 Å². The molecule has 0 unspecified atom stereocenters. The number of aromatic nitrogens is 2. The van der Waals surface area contributed by atoms with Crippen molar-refractivity contribution in [3.63, 3.8) is 0 Å². The summed E-state index contributed by atoms with van der Waals surface area (Å²) in [6.07, 6.45) is 5.91. The molecule has 0 aliphatic carbocycles. The number of para-hydroxylation sites is 2. The largest absolute Gasteiger partial charge is 0.497 e. The standard InChI is InChI=1S/C29H32N2O4/c1-4-9-22-12-17-27(28(20-22)33-3)34-19-8-7-18-31-26-11-6-5-10-25(26)30-29(31)21-35-24-15-13-23(32-2)14-16-24/h4-6,9-17,20H,7-8,18-19,21H2,1-3H3/b9-4+. The number of methoxy groups -OCH3 is 2. The lowest BCUT2D eigenvalue weighted by molar-refractivity contribution is 0.278. The van der Waals surface area contributed by atoms with Gasteiger partial charge in [-0.2, -0.15) is 0 Å². The predicted octanol–water partition coefficient (Wildman–Crippen LogP) is 6.52. The first-order chi connectivity index (χ1) is 17.2. The van der Waals surface area contributed by atoms with E-state index in [4.69, 9.17) is 23.9 Å². The molecule has 1 aromatic heterocycles. The van der Waals surface area contributed by atoms with Crippen LogP contribution >= 0.6 is 0 Å². The highest BCUT2D eigenvalue weighted by Crippen LogP contribution is 2.29. The van der Waals surface area contributed by atoms with Gasteiger partial charge in [0.25, 0.3) is 0 Å². The van der Waals surface area contributed by atoms with Crippen molar-refractivity contribution in [1.29, 1.82) is 0 Å². The lowest BCUT2D eigenvalue weighted by Crippen LogP contribution is -2.09. The van der Waals surface area contributed by atoms with Gasteiger partial charge in [-0.25, -0.2) is 4.98 Å². The Morgan fingerprint density at radius 1 is 0.829 bits per heavy atom. The third kappa shape index (κ3) is 6.15. The van der Waals surface area contributed by atoms with Gasteiger partial charge >= 0.3 is 0 Å². The van der Waals surface area contributed by atoms with E-state index in [2.05, 4.69) is 10.6 Å². The molecule has 35 heavy (non-hydrogen) atoms. The molecule has 0 radical (unpaired) electrons. The minimum absolute atomic E-state index is 0.396. The SMILES string of the molecule is C/C=C/c1ccc(OCCCCn2c(COc3ccc(OC)cc3)nc3ccccc32)c(OC)c1. The monoisotopic (exact) mass is 472 g/mol. The first kappa shape index (κ1) is 24.2. The van der Waals surface area contributed by atoms with Crippen LogP contribution in [0, 0.1) is 0 Å². The van der Waals surface area contributed by atoms with E-state index in [1.165, 1.54) is 0 Å². The topological polar surface area (TPSA) is 54.7 Å². The summed E-state index contributed by atoms with van der Waals surface area (Å²) in [6, 6.07) is 21.8. The Hall–Kier alpha value is -3.93. The van der Waals surface area contributed by atoms with Crippen molar-refractivity contribution < 1.29 is 18.9 Å². The molecule has 0 aliphatic heterocycles. The molecule has 0 aliphatic rings. The van der Waals surface area contributed by atoms with Crippen LogP contribution in [0.25, 0.3) is 17.1 Å². The second-order valence-electron chi connectivity index (χ2n) is 8.10. The summed E-state index contributed by atoms with van der Waals surface area (Å²) in [5.74, 6) is 4.01. The molecule has 0 fully saturated rings. The summed E-state index contributed by atoms with van der Waals surface area (Å²) < 4.78 is 25.0. The molecule has 4 aromatic rings. The molecule has 3 aromatic carbocycles. The van der Waals surface area contributed by atoms with Gasteiger partial charge in [-0.05, 0) is 73.9 Å². The summed E-state index contributed by atoms with van der Waals surface area (Å²) >= 11 is 0. The third-order valence-electron chi connectivity index (χ3n) is 5.74. The molecule has 0 saturated carbocycles. The van der Waals surface area contributed by atoms with Crippen molar-refractivity contribution in [2.24, 2.45) is 0 Å². The Morgan fingerprint density at radius 3 is 2.40 bits per heavy atom. The molecule has 1 heterocycles. The van der Waals surface area contributed by atoms with E-state index in [0.717, 1.165) is 64.8 Å². The number of imidazole rings is 1. The lowest BCUT2D eigenvalue weighted by Gasteiger charge is -2.13. The minimum atomic E-state index is 0.396. The van der Waals surface area contributed by atoms with Gasteiger partial charge in [-0.1, -0.05) is 30.4 Å².